The highest BCUT2D eigenvalue weighted by Gasteiger charge is 2.33. The standard InChI is InChI=1S/C7H10O3/c1-7(10)4-5(8)2-3-6(7)9/h2-3,5,8,10H,4H2,1H3/t5-,7+/m1/s1. The highest BCUT2D eigenvalue weighted by atomic mass is 16.3. The van der Waals surface area contributed by atoms with Crippen LogP contribution in [-0.4, -0.2) is 27.7 Å². The minimum Gasteiger partial charge on any atom is -0.389 e. The first-order valence-electron chi connectivity index (χ1n) is 3.15. The SMILES string of the molecule is C[C@]1(O)C[C@H](O)C=CC1=O. The van der Waals surface area contributed by atoms with E-state index >= 15 is 0 Å². The lowest BCUT2D eigenvalue weighted by Gasteiger charge is -2.25. The lowest BCUT2D eigenvalue weighted by atomic mass is 9.89. The summed E-state index contributed by atoms with van der Waals surface area (Å²) in [6.07, 6.45) is 2.02. The van der Waals surface area contributed by atoms with Crippen molar-refractivity contribution in [3.63, 3.8) is 0 Å². The van der Waals surface area contributed by atoms with E-state index < -0.39 is 11.7 Å². The third-order valence-corrected chi connectivity index (χ3v) is 1.61. The van der Waals surface area contributed by atoms with Crippen LogP contribution in [0.25, 0.3) is 0 Å². The maximum atomic E-state index is 10.8. The molecule has 0 spiro atoms. The normalized spacial score (nSPS) is 40.3. The molecule has 0 bridgehead atoms. The Morgan fingerprint density at radius 1 is 1.80 bits per heavy atom. The monoisotopic (exact) mass is 142 g/mol. The number of ketones is 1. The van der Waals surface area contributed by atoms with Crippen LogP contribution in [0, 0.1) is 0 Å². The molecule has 0 aromatic rings. The highest BCUT2D eigenvalue weighted by molar-refractivity contribution is 5.97. The van der Waals surface area contributed by atoms with Gasteiger partial charge in [-0.25, -0.2) is 0 Å². The third kappa shape index (κ3) is 1.25. The lowest BCUT2D eigenvalue weighted by Crippen LogP contribution is -2.40. The van der Waals surface area contributed by atoms with Crippen molar-refractivity contribution in [2.24, 2.45) is 0 Å². The summed E-state index contributed by atoms with van der Waals surface area (Å²) < 4.78 is 0. The van der Waals surface area contributed by atoms with Gasteiger partial charge in [0.05, 0.1) is 6.10 Å². The molecule has 0 unspecified atom stereocenters. The first-order chi connectivity index (χ1) is 4.52. The van der Waals surface area contributed by atoms with Crippen LogP contribution >= 0.6 is 0 Å². The number of rotatable bonds is 0. The predicted octanol–water partition coefficient (Wildman–Crippen LogP) is -0.373. The van der Waals surface area contributed by atoms with Crippen LogP contribution in [0.1, 0.15) is 13.3 Å². The summed E-state index contributed by atoms with van der Waals surface area (Å²) >= 11 is 0. The first-order valence-corrected chi connectivity index (χ1v) is 3.15. The fraction of sp³-hybridized carbons (Fsp3) is 0.571. The molecule has 0 aromatic heterocycles. The van der Waals surface area contributed by atoms with Crippen molar-refractivity contribution in [1.82, 2.24) is 0 Å². The molecule has 56 valence electrons. The molecule has 3 heteroatoms. The topological polar surface area (TPSA) is 57.5 Å². The second kappa shape index (κ2) is 2.18. The molecule has 10 heavy (non-hydrogen) atoms. The van der Waals surface area contributed by atoms with E-state index in [9.17, 15) is 9.90 Å². The lowest BCUT2D eigenvalue weighted by molar-refractivity contribution is -0.134. The molecule has 1 aliphatic rings. The second-order valence-corrected chi connectivity index (χ2v) is 2.77. The van der Waals surface area contributed by atoms with Gasteiger partial charge < -0.3 is 10.2 Å². The van der Waals surface area contributed by atoms with Crippen molar-refractivity contribution < 1.29 is 15.0 Å². The third-order valence-electron chi connectivity index (χ3n) is 1.61. The van der Waals surface area contributed by atoms with Crippen LogP contribution in [0.4, 0.5) is 0 Å². The summed E-state index contributed by atoms with van der Waals surface area (Å²) in [5.41, 5.74) is -1.37. The minimum absolute atomic E-state index is 0.0995. The average molecular weight is 142 g/mol. The molecule has 1 rings (SSSR count). The van der Waals surface area contributed by atoms with Crippen molar-refractivity contribution in [3.05, 3.63) is 12.2 Å². The first kappa shape index (κ1) is 7.44. The van der Waals surface area contributed by atoms with Crippen molar-refractivity contribution in [3.8, 4) is 0 Å². The van der Waals surface area contributed by atoms with Gasteiger partial charge in [0.1, 0.15) is 5.60 Å². The quantitative estimate of drug-likeness (QED) is 0.485. The summed E-state index contributed by atoms with van der Waals surface area (Å²) in [5.74, 6) is -0.335. The Labute approximate surface area is 59.0 Å². The molecule has 1 aliphatic carbocycles. The largest absolute Gasteiger partial charge is 0.389 e. The molecular weight excluding hydrogens is 132 g/mol. The zero-order valence-electron chi connectivity index (χ0n) is 5.74. The Hall–Kier alpha value is -0.670. The van der Waals surface area contributed by atoms with Crippen LogP contribution < -0.4 is 0 Å². The molecule has 0 amide bonds. The fourth-order valence-electron chi connectivity index (χ4n) is 0.954. The van der Waals surface area contributed by atoms with Gasteiger partial charge in [-0.1, -0.05) is 6.08 Å². The number of aliphatic hydroxyl groups excluding tert-OH is 1. The molecular formula is C7H10O3. The van der Waals surface area contributed by atoms with Gasteiger partial charge in [-0.3, -0.25) is 4.79 Å². The molecule has 2 atom stereocenters. The van der Waals surface area contributed by atoms with Crippen LogP contribution in [0.2, 0.25) is 0 Å². The summed E-state index contributed by atoms with van der Waals surface area (Å²) in [7, 11) is 0. The molecule has 0 radical (unpaired) electrons. The Morgan fingerprint density at radius 2 is 2.40 bits per heavy atom. The molecule has 0 fully saturated rings. The van der Waals surface area contributed by atoms with Gasteiger partial charge in [0.25, 0.3) is 0 Å². The van der Waals surface area contributed by atoms with E-state index in [2.05, 4.69) is 0 Å². The number of hydrogen-bond donors (Lipinski definition) is 2. The maximum absolute atomic E-state index is 10.8. The molecule has 3 nitrogen and oxygen atoms in total. The maximum Gasteiger partial charge on any atom is 0.186 e. The van der Waals surface area contributed by atoms with E-state index in [1.165, 1.54) is 19.1 Å². The van der Waals surface area contributed by atoms with E-state index in [4.69, 9.17) is 5.11 Å². The van der Waals surface area contributed by atoms with Gasteiger partial charge >= 0.3 is 0 Å². The van der Waals surface area contributed by atoms with Crippen LogP contribution in [0.3, 0.4) is 0 Å². The number of hydrogen-bond acceptors (Lipinski definition) is 3. The van der Waals surface area contributed by atoms with E-state index in [1.807, 2.05) is 0 Å². The van der Waals surface area contributed by atoms with Gasteiger partial charge in [-0.2, -0.15) is 0 Å². The van der Waals surface area contributed by atoms with Gasteiger partial charge in [0.2, 0.25) is 0 Å². The molecule has 0 aromatic carbocycles. The molecule has 0 saturated carbocycles. The van der Waals surface area contributed by atoms with Gasteiger partial charge in [-0.15, -0.1) is 0 Å². The second-order valence-electron chi connectivity index (χ2n) is 2.77. The van der Waals surface area contributed by atoms with Gasteiger partial charge in [-0.05, 0) is 13.0 Å². The van der Waals surface area contributed by atoms with Crippen LogP contribution in [0.15, 0.2) is 12.2 Å². The van der Waals surface area contributed by atoms with E-state index in [0.717, 1.165) is 0 Å². The fourth-order valence-corrected chi connectivity index (χ4v) is 0.954. The summed E-state index contributed by atoms with van der Waals surface area (Å²) in [5, 5.41) is 18.2. The molecule has 0 saturated heterocycles. The van der Waals surface area contributed by atoms with E-state index in [0.29, 0.717) is 0 Å². The van der Waals surface area contributed by atoms with Gasteiger partial charge in [0, 0.05) is 6.42 Å². The van der Waals surface area contributed by atoms with E-state index in [-0.39, 0.29) is 12.2 Å². The van der Waals surface area contributed by atoms with E-state index in [1.54, 1.807) is 0 Å². The van der Waals surface area contributed by atoms with Crippen molar-refractivity contribution >= 4 is 5.78 Å². The Kier molecular flexibility index (Phi) is 1.62. The average Bonchev–Trinajstić information content (AvgIpc) is 1.78. The Morgan fingerprint density at radius 3 is 2.80 bits per heavy atom. The van der Waals surface area contributed by atoms with Crippen molar-refractivity contribution in [2.75, 3.05) is 0 Å². The van der Waals surface area contributed by atoms with Gasteiger partial charge in [0.15, 0.2) is 5.78 Å². The zero-order chi connectivity index (χ0) is 7.78. The van der Waals surface area contributed by atoms with Crippen molar-refractivity contribution in [1.29, 1.82) is 0 Å². The van der Waals surface area contributed by atoms with Crippen LogP contribution in [0.5, 0.6) is 0 Å². The summed E-state index contributed by atoms with van der Waals surface area (Å²) in [6.45, 7) is 1.40. The number of carbonyl (C=O) groups is 1. The molecule has 0 heterocycles. The molecule has 2 N–H and O–H groups in total. The Balaban J connectivity index is 2.82. The van der Waals surface area contributed by atoms with Crippen LogP contribution in [-0.2, 0) is 4.79 Å². The van der Waals surface area contributed by atoms with Crippen molar-refractivity contribution in [2.45, 2.75) is 25.0 Å². The smallest absolute Gasteiger partial charge is 0.186 e. The Bertz CT molecular complexity index is 181. The highest BCUT2D eigenvalue weighted by Crippen LogP contribution is 2.19. The summed E-state index contributed by atoms with van der Waals surface area (Å²) in [6, 6.07) is 0. The number of aliphatic hydroxyl groups is 2. The minimum atomic E-state index is -1.37. The zero-order valence-corrected chi connectivity index (χ0v) is 5.74. The molecule has 0 aliphatic heterocycles. The predicted molar refractivity (Wildman–Crippen MR) is 35.4 cm³/mol. The number of carbonyl (C=O) groups excluding carboxylic acids is 1. The summed E-state index contributed by atoms with van der Waals surface area (Å²) in [4.78, 5) is 10.8.